The van der Waals surface area contributed by atoms with Crippen molar-refractivity contribution in [2.45, 2.75) is 24.9 Å². The predicted molar refractivity (Wildman–Crippen MR) is 135 cm³/mol. The van der Waals surface area contributed by atoms with Gasteiger partial charge in [-0.3, -0.25) is 15.0 Å². The number of aromatic nitrogens is 2. The van der Waals surface area contributed by atoms with Crippen LogP contribution in [0.3, 0.4) is 0 Å². The van der Waals surface area contributed by atoms with Gasteiger partial charge in [0.05, 0.1) is 42.9 Å². The summed E-state index contributed by atoms with van der Waals surface area (Å²) in [4.78, 5) is 45.8. The molecule has 0 aliphatic carbocycles. The molecule has 3 amide bonds. The summed E-state index contributed by atoms with van der Waals surface area (Å²) in [5.41, 5.74) is 4.28. The molecule has 0 radical (unpaired) electrons. The first-order chi connectivity index (χ1) is 16.9. The standard InChI is InChI=1S/C21H29N7O6S2/c1-34-20(31)28-21(8-9-36(2,32)33,7-3-4-14-10-24-13-27-14)19(30)26-12-17(29)25-11-15-5-6-16(35-15)18(22)23/h3-6,10,13H,7-9,11-12H2,1-2H3,(H3,22,23)(H,24,27)(H,25,29)(H,26,30)(H,28,31)/b4-3+/t21-/m0/s1. The number of carbonyl (C=O) groups excluding carboxylic acids is 3. The number of methoxy groups -OCH3 is 1. The molecule has 7 N–H and O–H groups in total. The molecule has 15 heteroatoms. The van der Waals surface area contributed by atoms with Crippen molar-refractivity contribution in [2.24, 2.45) is 5.73 Å². The minimum absolute atomic E-state index is 0.0743. The molecule has 36 heavy (non-hydrogen) atoms. The summed E-state index contributed by atoms with van der Waals surface area (Å²) in [5.74, 6) is -1.74. The number of H-pyrrole nitrogens is 1. The van der Waals surface area contributed by atoms with E-state index in [0.29, 0.717) is 10.6 Å². The first-order valence-electron chi connectivity index (χ1n) is 10.6. The zero-order valence-corrected chi connectivity index (χ0v) is 21.4. The van der Waals surface area contributed by atoms with Gasteiger partial charge in [-0.05, 0) is 31.1 Å². The van der Waals surface area contributed by atoms with Crippen LogP contribution >= 0.6 is 11.3 Å². The van der Waals surface area contributed by atoms with Gasteiger partial charge in [0.15, 0.2) is 0 Å². The Morgan fingerprint density at radius 1 is 1.31 bits per heavy atom. The number of nitrogens with zero attached hydrogens (tertiary/aromatic N) is 1. The van der Waals surface area contributed by atoms with Crippen LogP contribution in [0.15, 0.2) is 30.7 Å². The minimum Gasteiger partial charge on any atom is -0.453 e. The summed E-state index contributed by atoms with van der Waals surface area (Å²) >= 11 is 1.25. The fourth-order valence-corrected chi connectivity index (χ4v) is 4.55. The summed E-state index contributed by atoms with van der Waals surface area (Å²) in [6.07, 6.45) is 5.96. The smallest absolute Gasteiger partial charge is 0.407 e. The number of thiophene rings is 1. The second-order valence-corrected chi connectivity index (χ2v) is 11.2. The average Bonchev–Trinajstić information content (AvgIpc) is 3.51. The second kappa shape index (κ2) is 12.8. The van der Waals surface area contributed by atoms with Gasteiger partial charge >= 0.3 is 6.09 Å². The van der Waals surface area contributed by atoms with E-state index in [9.17, 15) is 22.8 Å². The third kappa shape index (κ3) is 9.14. The number of nitrogens with two attached hydrogens (primary N) is 1. The van der Waals surface area contributed by atoms with E-state index >= 15 is 0 Å². The quantitative estimate of drug-likeness (QED) is 0.152. The van der Waals surface area contributed by atoms with Gasteiger partial charge in [-0.1, -0.05) is 6.08 Å². The van der Waals surface area contributed by atoms with Crippen LogP contribution in [0.2, 0.25) is 0 Å². The van der Waals surface area contributed by atoms with Crippen molar-refractivity contribution >= 4 is 51.0 Å². The lowest BCUT2D eigenvalue weighted by molar-refractivity contribution is -0.130. The van der Waals surface area contributed by atoms with E-state index in [1.165, 1.54) is 17.7 Å². The summed E-state index contributed by atoms with van der Waals surface area (Å²) in [7, 11) is -2.38. The van der Waals surface area contributed by atoms with Crippen molar-refractivity contribution in [3.05, 3.63) is 46.2 Å². The lowest BCUT2D eigenvalue weighted by Gasteiger charge is -2.32. The summed E-state index contributed by atoms with van der Waals surface area (Å²) in [6, 6.07) is 3.39. The maximum Gasteiger partial charge on any atom is 0.407 e. The molecular formula is C21H29N7O6S2. The third-order valence-corrected chi connectivity index (χ3v) is 7.00. The van der Waals surface area contributed by atoms with Crippen LogP contribution in [-0.4, -0.2) is 73.3 Å². The highest BCUT2D eigenvalue weighted by Gasteiger charge is 2.40. The first kappa shape index (κ1) is 28.5. The number of rotatable bonds is 13. The number of hydrogen-bond acceptors (Lipinski definition) is 9. The van der Waals surface area contributed by atoms with E-state index in [1.54, 1.807) is 30.5 Å². The van der Waals surface area contributed by atoms with Gasteiger partial charge in [-0.15, -0.1) is 11.3 Å². The molecule has 0 unspecified atom stereocenters. The Kier molecular flexibility index (Phi) is 10.2. The zero-order chi connectivity index (χ0) is 26.8. The molecule has 0 saturated heterocycles. The van der Waals surface area contributed by atoms with Crippen molar-refractivity contribution in [1.29, 1.82) is 5.41 Å². The number of aromatic amines is 1. The van der Waals surface area contributed by atoms with Crippen molar-refractivity contribution < 1.29 is 27.5 Å². The number of nitrogens with one attached hydrogen (secondary N) is 5. The van der Waals surface area contributed by atoms with Gasteiger partial charge in [0.2, 0.25) is 11.8 Å². The van der Waals surface area contributed by atoms with Gasteiger partial charge in [0.25, 0.3) is 0 Å². The number of hydrogen-bond donors (Lipinski definition) is 6. The Balaban J connectivity index is 2.13. The highest BCUT2D eigenvalue weighted by molar-refractivity contribution is 7.90. The number of alkyl carbamates (subject to hydrolysis) is 1. The fraction of sp³-hybridized carbons (Fsp3) is 0.381. The Morgan fingerprint density at radius 3 is 2.64 bits per heavy atom. The number of amidine groups is 1. The molecular weight excluding hydrogens is 510 g/mol. The molecule has 0 saturated carbocycles. The molecule has 0 aliphatic rings. The highest BCUT2D eigenvalue weighted by Crippen LogP contribution is 2.20. The highest BCUT2D eigenvalue weighted by atomic mass is 32.2. The topological polar surface area (TPSA) is 209 Å². The Morgan fingerprint density at radius 2 is 2.06 bits per heavy atom. The van der Waals surface area contributed by atoms with Gasteiger partial charge in [0.1, 0.15) is 21.2 Å². The molecule has 0 spiro atoms. The predicted octanol–water partition coefficient (Wildman–Crippen LogP) is 0.121. The van der Waals surface area contributed by atoms with Crippen LogP contribution < -0.4 is 21.7 Å². The van der Waals surface area contributed by atoms with Crippen LogP contribution in [0.4, 0.5) is 4.79 Å². The van der Waals surface area contributed by atoms with Crippen LogP contribution in [0.1, 0.15) is 28.3 Å². The summed E-state index contributed by atoms with van der Waals surface area (Å²) in [6.45, 7) is -0.255. The average molecular weight is 540 g/mol. The lowest BCUT2D eigenvalue weighted by atomic mass is 9.90. The largest absolute Gasteiger partial charge is 0.453 e. The van der Waals surface area contributed by atoms with E-state index in [2.05, 4.69) is 30.7 Å². The van der Waals surface area contributed by atoms with Gasteiger partial charge in [0, 0.05) is 17.3 Å². The molecule has 2 aromatic heterocycles. The Hall–Kier alpha value is -3.72. The van der Waals surface area contributed by atoms with Gasteiger partial charge in [-0.25, -0.2) is 18.2 Å². The van der Waals surface area contributed by atoms with E-state index < -0.39 is 45.6 Å². The SMILES string of the molecule is COC(=O)N[C@@](C/C=C/c1c[nH]cn1)(CCS(C)(=O)=O)C(=O)NCC(=O)NCc1ccc(C(=N)N)s1. The normalized spacial score (nSPS) is 13.1. The summed E-state index contributed by atoms with van der Waals surface area (Å²) < 4.78 is 28.4. The number of nitrogen functional groups attached to an aromatic ring is 1. The Labute approximate surface area is 212 Å². The van der Waals surface area contributed by atoms with Gasteiger partial charge in [-0.2, -0.15) is 0 Å². The van der Waals surface area contributed by atoms with Crippen molar-refractivity contribution in [3.63, 3.8) is 0 Å². The molecule has 0 bridgehead atoms. The Bertz CT molecular complexity index is 1210. The summed E-state index contributed by atoms with van der Waals surface area (Å²) in [5, 5.41) is 15.0. The van der Waals surface area contributed by atoms with Crippen molar-refractivity contribution in [3.8, 4) is 0 Å². The number of sulfone groups is 1. The number of carbonyl (C=O) groups is 3. The van der Waals surface area contributed by atoms with E-state index in [0.717, 1.165) is 18.2 Å². The van der Waals surface area contributed by atoms with Crippen LogP contribution in [0.5, 0.6) is 0 Å². The lowest BCUT2D eigenvalue weighted by Crippen LogP contribution is -2.60. The third-order valence-electron chi connectivity index (χ3n) is 4.93. The molecule has 0 aliphatic heterocycles. The minimum atomic E-state index is -3.49. The van der Waals surface area contributed by atoms with Crippen LogP contribution in [-0.2, 0) is 30.7 Å². The molecule has 1 atom stereocenters. The maximum atomic E-state index is 13.2. The monoisotopic (exact) mass is 539 g/mol. The number of ether oxygens (including phenoxy) is 1. The molecule has 2 rings (SSSR count). The first-order valence-corrected chi connectivity index (χ1v) is 13.5. The van der Waals surface area contributed by atoms with E-state index in [-0.39, 0.29) is 25.2 Å². The number of amides is 3. The number of imidazole rings is 1. The van der Waals surface area contributed by atoms with Crippen molar-refractivity contribution in [1.82, 2.24) is 25.9 Å². The van der Waals surface area contributed by atoms with Gasteiger partial charge < -0.3 is 31.4 Å². The molecule has 2 heterocycles. The van der Waals surface area contributed by atoms with Crippen LogP contribution in [0, 0.1) is 5.41 Å². The second-order valence-electron chi connectivity index (χ2n) is 7.82. The molecule has 0 aromatic carbocycles. The fourth-order valence-electron chi connectivity index (χ4n) is 3.02. The molecule has 2 aromatic rings. The molecule has 0 fully saturated rings. The molecule has 196 valence electrons. The van der Waals surface area contributed by atoms with Crippen molar-refractivity contribution in [2.75, 3.05) is 25.7 Å². The maximum absolute atomic E-state index is 13.2. The van der Waals surface area contributed by atoms with E-state index in [4.69, 9.17) is 11.1 Å². The zero-order valence-electron chi connectivity index (χ0n) is 19.8. The molecule has 13 nitrogen and oxygen atoms in total. The van der Waals surface area contributed by atoms with E-state index in [1.807, 2.05) is 0 Å². The van der Waals surface area contributed by atoms with Crippen LogP contribution in [0.25, 0.3) is 6.08 Å².